The van der Waals surface area contributed by atoms with Gasteiger partial charge in [-0.1, -0.05) is 6.07 Å². The summed E-state index contributed by atoms with van der Waals surface area (Å²) >= 11 is 0. The van der Waals surface area contributed by atoms with Gasteiger partial charge in [0, 0.05) is 64.1 Å². The van der Waals surface area contributed by atoms with Crippen molar-refractivity contribution in [3.63, 3.8) is 0 Å². The van der Waals surface area contributed by atoms with Crippen LogP contribution in [0.4, 0.5) is 8.78 Å². The van der Waals surface area contributed by atoms with Crippen molar-refractivity contribution in [2.24, 2.45) is 5.92 Å². The number of carbonyl (C=O) groups excluding carboxylic acids is 1. The van der Waals surface area contributed by atoms with Crippen molar-refractivity contribution in [1.29, 1.82) is 0 Å². The van der Waals surface area contributed by atoms with Crippen molar-refractivity contribution in [1.82, 2.24) is 19.1 Å². The number of piperazine rings is 1. The van der Waals surface area contributed by atoms with Crippen LogP contribution in [0, 0.1) is 17.6 Å². The Labute approximate surface area is 186 Å². The molecule has 2 aromatic rings. The maximum Gasteiger partial charge on any atom is 0.246 e. The highest BCUT2D eigenvalue weighted by Gasteiger charge is 2.35. The summed E-state index contributed by atoms with van der Waals surface area (Å²) in [6.07, 6.45) is 4.32. The zero-order valence-corrected chi connectivity index (χ0v) is 18.5. The summed E-state index contributed by atoms with van der Waals surface area (Å²) in [7, 11) is -4.14. The highest BCUT2D eigenvalue weighted by atomic mass is 32.2. The van der Waals surface area contributed by atoms with Crippen LogP contribution in [0.1, 0.15) is 18.4 Å². The molecule has 0 aliphatic carbocycles. The SMILES string of the molecule is O=C(C1CCN(S(=O)(=O)c2cc(F)ccc2F)CC1)N1CCN(Cc2cccnc2)CC1. The molecule has 4 rings (SSSR count). The fourth-order valence-corrected chi connectivity index (χ4v) is 5.84. The first-order chi connectivity index (χ1) is 15.3. The standard InChI is InChI=1S/C22H26F2N4O3S/c23-19-3-4-20(24)21(14-19)32(30,31)28-8-5-18(6-9-28)22(29)27-12-10-26(11-13-27)16-17-2-1-7-25-15-17/h1-4,7,14-15,18H,5-6,8-13,16H2. The molecule has 2 fully saturated rings. The van der Waals surface area contributed by atoms with Crippen LogP contribution >= 0.6 is 0 Å². The number of aromatic nitrogens is 1. The summed E-state index contributed by atoms with van der Waals surface area (Å²) in [6, 6.07) is 6.33. The van der Waals surface area contributed by atoms with Gasteiger partial charge in [-0.05, 0) is 42.7 Å². The average Bonchev–Trinajstić information content (AvgIpc) is 2.81. The minimum Gasteiger partial charge on any atom is -0.340 e. The van der Waals surface area contributed by atoms with Gasteiger partial charge in [0.15, 0.2) is 0 Å². The fraction of sp³-hybridized carbons (Fsp3) is 0.455. The number of halogens is 2. The van der Waals surface area contributed by atoms with E-state index in [0.29, 0.717) is 32.0 Å². The lowest BCUT2D eigenvalue weighted by Crippen LogP contribution is -2.51. The molecule has 172 valence electrons. The Kier molecular flexibility index (Phi) is 6.82. The Morgan fingerprint density at radius 3 is 2.41 bits per heavy atom. The zero-order chi connectivity index (χ0) is 22.7. The lowest BCUT2D eigenvalue weighted by atomic mass is 9.96. The zero-order valence-electron chi connectivity index (χ0n) is 17.7. The van der Waals surface area contributed by atoms with Crippen molar-refractivity contribution in [2.75, 3.05) is 39.3 Å². The molecular formula is C22H26F2N4O3S. The van der Waals surface area contributed by atoms with E-state index in [4.69, 9.17) is 0 Å². The van der Waals surface area contributed by atoms with Gasteiger partial charge in [-0.3, -0.25) is 14.7 Å². The lowest BCUT2D eigenvalue weighted by Gasteiger charge is -2.38. The Balaban J connectivity index is 1.30. The molecule has 32 heavy (non-hydrogen) atoms. The number of pyridine rings is 1. The molecule has 1 aromatic carbocycles. The molecule has 10 heteroatoms. The Bertz CT molecular complexity index is 1050. The smallest absolute Gasteiger partial charge is 0.246 e. The van der Waals surface area contributed by atoms with Gasteiger partial charge in [-0.2, -0.15) is 4.31 Å². The number of rotatable bonds is 5. The summed E-state index contributed by atoms with van der Waals surface area (Å²) in [4.78, 5) is 20.6. The third-order valence-electron chi connectivity index (χ3n) is 6.13. The van der Waals surface area contributed by atoms with E-state index in [-0.39, 0.29) is 24.9 Å². The van der Waals surface area contributed by atoms with E-state index in [9.17, 15) is 22.0 Å². The van der Waals surface area contributed by atoms with Crippen molar-refractivity contribution in [3.05, 3.63) is 59.9 Å². The van der Waals surface area contributed by atoms with E-state index < -0.39 is 26.6 Å². The van der Waals surface area contributed by atoms with Crippen LogP contribution in [0.3, 0.4) is 0 Å². The number of hydrogen-bond donors (Lipinski definition) is 0. The Hall–Kier alpha value is -2.43. The van der Waals surface area contributed by atoms with Crippen molar-refractivity contribution in [2.45, 2.75) is 24.3 Å². The summed E-state index contributed by atoms with van der Waals surface area (Å²) < 4.78 is 54.1. The number of carbonyl (C=O) groups is 1. The van der Waals surface area contributed by atoms with E-state index in [0.717, 1.165) is 41.6 Å². The number of benzene rings is 1. The van der Waals surface area contributed by atoms with Crippen molar-refractivity contribution < 1.29 is 22.0 Å². The molecule has 0 saturated carbocycles. The molecule has 2 aliphatic rings. The van der Waals surface area contributed by atoms with Gasteiger partial charge in [0.05, 0.1) is 0 Å². The molecule has 0 unspecified atom stereocenters. The van der Waals surface area contributed by atoms with E-state index in [1.54, 1.807) is 6.20 Å². The van der Waals surface area contributed by atoms with Crippen LogP contribution in [0.2, 0.25) is 0 Å². The first-order valence-corrected chi connectivity index (χ1v) is 12.1. The monoisotopic (exact) mass is 464 g/mol. The van der Waals surface area contributed by atoms with Gasteiger partial charge in [0.1, 0.15) is 16.5 Å². The fourth-order valence-electron chi connectivity index (χ4n) is 4.29. The molecule has 0 radical (unpaired) electrons. The summed E-state index contributed by atoms with van der Waals surface area (Å²) in [5.41, 5.74) is 1.13. The Morgan fingerprint density at radius 2 is 1.75 bits per heavy atom. The van der Waals surface area contributed by atoms with Gasteiger partial charge < -0.3 is 4.90 Å². The molecule has 1 aromatic heterocycles. The second kappa shape index (κ2) is 9.60. The van der Waals surface area contributed by atoms with Crippen LogP contribution in [0.15, 0.2) is 47.6 Å². The van der Waals surface area contributed by atoms with Gasteiger partial charge in [-0.15, -0.1) is 0 Å². The van der Waals surface area contributed by atoms with Crippen LogP contribution in [-0.2, 0) is 21.4 Å². The molecule has 0 bridgehead atoms. The lowest BCUT2D eigenvalue weighted by molar-refractivity contribution is -0.138. The second-order valence-electron chi connectivity index (χ2n) is 8.22. The van der Waals surface area contributed by atoms with Crippen LogP contribution in [0.5, 0.6) is 0 Å². The minimum absolute atomic E-state index is 0.0417. The van der Waals surface area contributed by atoms with Crippen LogP contribution < -0.4 is 0 Å². The summed E-state index contributed by atoms with van der Waals surface area (Å²) in [5.74, 6) is -2.00. The summed E-state index contributed by atoms with van der Waals surface area (Å²) in [6.45, 7) is 3.81. The van der Waals surface area contributed by atoms with Gasteiger partial charge in [0.25, 0.3) is 0 Å². The van der Waals surface area contributed by atoms with Gasteiger partial charge in [-0.25, -0.2) is 17.2 Å². The van der Waals surface area contributed by atoms with E-state index >= 15 is 0 Å². The van der Waals surface area contributed by atoms with Gasteiger partial charge in [0.2, 0.25) is 15.9 Å². The molecule has 0 N–H and O–H groups in total. The maximum absolute atomic E-state index is 14.0. The predicted molar refractivity (Wildman–Crippen MR) is 114 cm³/mol. The largest absolute Gasteiger partial charge is 0.340 e. The number of piperidine rings is 1. The van der Waals surface area contributed by atoms with Crippen molar-refractivity contribution >= 4 is 15.9 Å². The molecule has 2 aliphatic heterocycles. The van der Waals surface area contributed by atoms with Crippen molar-refractivity contribution in [3.8, 4) is 0 Å². The summed E-state index contributed by atoms with van der Waals surface area (Å²) in [5, 5.41) is 0. The highest BCUT2D eigenvalue weighted by molar-refractivity contribution is 7.89. The first-order valence-electron chi connectivity index (χ1n) is 10.7. The number of nitrogens with zero attached hydrogens (tertiary/aromatic N) is 4. The number of hydrogen-bond acceptors (Lipinski definition) is 5. The molecular weight excluding hydrogens is 438 g/mol. The van der Waals surface area contributed by atoms with E-state index in [1.165, 1.54) is 0 Å². The third-order valence-corrected chi connectivity index (χ3v) is 8.04. The number of amides is 1. The molecule has 0 spiro atoms. The predicted octanol–water partition coefficient (Wildman–Crippen LogP) is 2.10. The normalized spacial score (nSPS) is 19.2. The molecule has 0 atom stereocenters. The average molecular weight is 465 g/mol. The quantitative estimate of drug-likeness (QED) is 0.678. The molecule has 7 nitrogen and oxygen atoms in total. The van der Waals surface area contributed by atoms with Crippen LogP contribution in [0.25, 0.3) is 0 Å². The highest BCUT2D eigenvalue weighted by Crippen LogP contribution is 2.27. The minimum atomic E-state index is -4.14. The maximum atomic E-state index is 14.0. The molecule has 2 saturated heterocycles. The Morgan fingerprint density at radius 1 is 1.03 bits per heavy atom. The van der Waals surface area contributed by atoms with Gasteiger partial charge >= 0.3 is 0 Å². The molecule has 1 amide bonds. The van der Waals surface area contributed by atoms with E-state index in [1.807, 2.05) is 23.2 Å². The van der Waals surface area contributed by atoms with Crippen LogP contribution in [-0.4, -0.2) is 72.7 Å². The first kappa shape index (κ1) is 22.8. The molecule has 3 heterocycles. The third kappa shape index (κ3) is 4.97. The second-order valence-corrected chi connectivity index (χ2v) is 10.1. The topological polar surface area (TPSA) is 73.8 Å². The van der Waals surface area contributed by atoms with E-state index in [2.05, 4.69) is 9.88 Å². The number of sulfonamides is 1.